The van der Waals surface area contributed by atoms with Gasteiger partial charge in [-0.3, -0.25) is 4.90 Å². The highest BCUT2D eigenvalue weighted by Crippen LogP contribution is 2.27. The van der Waals surface area contributed by atoms with Crippen LogP contribution in [0.3, 0.4) is 0 Å². The van der Waals surface area contributed by atoms with Gasteiger partial charge in [-0.15, -0.1) is 0 Å². The molecule has 0 aromatic heterocycles. The van der Waals surface area contributed by atoms with E-state index in [9.17, 15) is 13.9 Å². The third kappa shape index (κ3) is 3.59. The fourth-order valence-electron chi connectivity index (χ4n) is 2.87. The van der Waals surface area contributed by atoms with E-state index in [0.29, 0.717) is 13.2 Å². The first-order chi connectivity index (χ1) is 9.97. The molecule has 5 heteroatoms. The Bertz CT molecular complexity index is 477. The van der Waals surface area contributed by atoms with Crippen molar-refractivity contribution < 1.29 is 18.6 Å². The van der Waals surface area contributed by atoms with E-state index in [1.807, 2.05) is 13.8 Å². The average molecular weight is 299 g/mol. The summed E-state index contributed by atoms with van der Waals surface area (Å²) < 4.78 is 32.3. The monoisotopic (exact) mass is 299 g/mol. The van der Waals surface area contributed by atoms with Gasteiger partial charge in [0.25, 0.3) is 0 Å². The van der Waals surface area contributed by atoms with Crippen molar-refractivity contribution >= 4 is 0 Å². The first kappa shape index (κ1) is 16.3. The molecule has 0 amide bonds. The molecule has 0 bridgehead atoms. The quantitative estimate of drug-likeness (QED) is 0.906. The van der Waals surface area contributed by atoms with Crippen LogP contribution in [-0.2, 0) is 11.2 Å². The smallest absolute Gasteiger partial charge is 0.126 e. The number of aliphatic hydroxyl groups is 1. The van der Waals surface area contributed by atoms with Crippen LogP contribution in [0.2, 0.25) is 0 Å². The molecule has 1 aromatic carbocycles. The fraction of sp³-hybridized carbons (Fsp3) is 0.625. The maximum Gasteiger partial charge on any atom is 0.126 e. The Morgan fingerprint density at radius 2 is 2.00 bits per heavy atom. The van der Waals surface area contributed by atoms with Crippen LogP contribution < -0.4 is 0 Å². The molecule has 1 N–H and O–H groups in total. The van der Waals surface area contributed by atoms with Crippen LogP contribution in [0.25, 0.3) is 0 Å². The molecule has 1 saturated heterocycles. The average Bonchev–Trinajstić information content (AvgIpc) is 2.51. The second-order valence-corrected chi connectivity index (χ2v) is 5.77. The lowest BCUT2D eigenvalue weighted by molar-refractivity contribution is -0.0716. The standard InChI is InChI=1S/C16H23F2NO2/c1-3-16(2,19-6-8-21-9-7-19)15(20)11-12-10-13(17)4-5-14(12)18/h4-5,10,15,20H,3,6-9,11H2,1-2H3. The van der Waals surface area contributed by atoms with Gasteiger partial charge >= 0.3 is 0 Å². The Morgan fingerprint density at radius 3 is 2.62 bits per heavy atom. The summed E-state index contributed by atoms with van der Waals surface area (Å²) in [5, 5.41) is 10.6. The van der Waals surface area contributed by atoms with E-state index in [0.717, 1.165) is 37.7 Å². The van der Waals surface area contributed by atoms with E-state index in [4.69, 9.17) is 4.74 Å². The Hall–Kier alpha value is -1.04. The van der Waals surface area contributed by atoms with Gasteiger partial charge in [0.15, 0.2) is 0 Å². The van der Waals surface area contributed by atoms with Gasteiger partial charge in [-0.25, -0.2) is 8.78 Å². The van der Waals surface area contributed by atoms with E-state index in [-0.39, 0.29) is 12.0 Å². The van der Waals surface area contributed by atoms with Crippen molar-refractivity contribution in [3.8, 4) is 0 Å². The van der Waals surface area contributed by atoms with Crippen LogP contribution in [0, 0.1) is 11.6 Å². The minimum atomic E-state index is -0.767. The first-order valence-electron chi connectivity index (χ1n) is 7.42. The van der Waals surface area contributed by atoms with Crippen molar-refractivity contribution in [2.75, 3.05) is 26.3 Å². The van der Waals surface area contributed by atoms with Crippen molar-refractivity contribution in [2.45, 2.75) is 38.3 Å². The molecule has 2 rings (SSSR count). The number of rotatable bonds is 5. The van der Waals surface area contributed by atoms with E-state index < -0.39 is 23.3 Å². The van der Waals surface area contributed by atoms with Gasteiger partial charge in [-0.05, 0) is 37.1 Å². The van der Waals surface area contributed by atoms with Gasteiger partial charge in [0.1, 0.15) is 11.6 Å². The molecule has 1 aromatic rings. The number of nitrogens with zero attached hydrogens (tertiary/aromatic N) is 1. The molecule has 0 spiro atoms. The lowest BCUT2D eigenvalue weighted by Crippen LogP contribution is -2.58. The molecule has 3 nitrogen and oxygen atoms in total. The molecular formula is C16H23F2NO2. The zero-order valence-electron chi connectivity index (χ0n) is 12.6. The number of halogens is 2. The zero-order chi connectivity index (χ0) is 15.5. The molecule has 0 radical (unpaired) electrons. The Kier molecular flexibility index (Phi) is 5.30. The van der Waals surface area contributed by atoms with Crippen LogP contribution in [-0.4, -0.2) is 48.0 Å². The predicted octanol–water partition coefficient (Wildman–Crippen LogP) is 2.37. The summed E-state index contributed by atoms with van der Waals surface area (Å²) in [6.45, 7) is 6.73. The highest BCUT2D eigenvalue weighted by atomic mass is 19.1. The van der Waals surface area contributed by atoms with Crippen LogP contribution >= 0.6 is 0 Å². The molecule has 1 fully saturated rings. The number of aliphatic hydroxyl groups excluding tert-OH is 1. The Balaban J connectivity index is 2.15. The number of morpholine rings is 1. The number of hydrogen-bond acceptors (Lipinski definition) is 3. The predicted molar refractivity (Wildman–Crippen MR) is 77.2 cm³/mol. The number of ether oxygens (including phenoxy) is 1. The normalized spacial score (nSPS) is 21.0. The highest BCUT2D eigenvalue weighted by molar-refractivity contribution is 5.20. The molecular weight excluding hydrogens is 276 g/mol. The summed E-state index contributed by atoms with van der Waals surface area (Å²) in [5.41, 5.74) is -0.252. The summed E-state index contributed by atoms with van der Waals surface area (Å²) in [6, 6.07) is 3.36. The summed E-state index contributed by atoms with van der Waals surface area (Å²) >= 11 is 0. The molecule has 1 aliphatic rings. The topological polar surface area (TPSA) is 32.7 Å². The van der Waals surface area contributed by atoms with Gasteiger partial charge in [-0.1, -0.05) is 6.92 Å². The summed E-state index contributed by atoms with van der Waals surface area (Å²) in [5.74, 6) is -0.959. The minimum Gasteiger partial charge on any atom is -0.391 e. The maximum atomic E-state index is 13.8. The first-order valence-corrected chi connectivity index (χ1v) is 7.42. The SMILES string of the molecule is CCC(C)(C(O)Cc1cc(F)ccc1F)N1CCOCC1. The van der Waals surface area contributed by atoms with Crippen LogP contribution in [0.1, 0.15) is 25.8 Å². The summed E-state index contributed by atoms with van der Waals surface area (Å²) in [7, 11) is 0. The molecule has 2 unspecified atom stereocenters. The fourth-order valence-corrected chi connectivity index (χ4v) is 2.87. The largest absolute Gasteiger partial charge is 0.391 e. The molecule has 1 aliphatic heterocycles. The minimum absolute atomic E-state index is 0.102. The van der Waals surface area contributed by atoms with E-state index >= 15 is 0 Å². The summed E-state index contributed by atoms with van der Waals surface area (Å²) in [4.78, 5) is 2.18. The lowest BCUT2D eigenvalue weighted by atomic mass is 9.85. The molecule has 1 heterocycles. The van der Waals surface area contributed by atoms with E-state index in [2.05, 4.69) is 4.90 Å². The molecule has 2 atom stereocenters. The lowest BCUT2D eigenvalue weighted by Gasteiger charge is -2.46. The second-order valence-electron chi connectivity index (χ2n) is 5.77. The molecule has 0 aliphatic carbocycles. The maximum absolute atomic E-state index is 13.8. The highest BCUT2D eigenvalue weighted by Gasteiger charge is 2.38. The zero-order valence-corrected chi connectivity index (χ0v) is 12.6. The molecule has 21 heavy (non-hydrogen) atoms. The van der Waals surface area contributed by atoms with Gasteiger partial charge in [-0.2, -0.15) is 0 Å². The van der Waals surface area contributed by atoms with Crippen LogP contribution in [0.15, 0.2) is 18.2 Å². The van der Waals surface area contributed by atoms with E-state index in [1.165, 1.54) is 0 Å². The third-order valence-corrected chi connectivity index (χ3v) is 4.59. The van der Waals surface area contributed by atoms with Gasteiger partial charge < -0.3 is 9.84 Å². The third-order valence-electron chi connectivity index (χ3n) is 4.59. The Morgan fingerprint density at radius 1 is 1.33 bits per heavy atom. The number of benzene rings is 1. The van der Waals surface area contributed by atoms with E-state index in [1.54, 1.807) is 0 Å². The number of hydrogen-bond donors (Lipinski definition) is 1. The van der Waals surface area contributed by atoms with Gasteiger partial charge in [0.2, 0.25) is 0 Å². The second kappa shape index (κ2) is 6.81. The molecule has 118 valence electrons. The van der Waals surface area contributed by atoms with Gasteiger partial charge in [0.05, 0.1) is 19.3 Å². The van der Waals surface area contributed by atoms with Gasteiger partial charge in [0, 0.05) is 25.0 Å². The Labute approximate surface area is 124 Å². The van der Waals surface area contributed by atoms with Crippen molar-refractivity contribution in [3.05, 3.63) is 35.4 Å². The molecule has 0 saturated carbocycles. The van der Waals surface area contributed by atoms with Crippen LogP contribution in [0.4, 0.5) is 8.78 Å². The van der Waals surface area contributed by atoms with Crippen molar-refractivity contribution in [1.29, 1.82) is 0 Å². The summed E-state index contributed by atoms with van der Waals surface area (Å²) in [6.07, 6.45) is 0.0630. The van der Waals surface area contributed by atoms with Crippen LogP contribution in [0.5, 0.6) is 0 Å². The van der Waals surface area contributed by atoms with Crippen molar-refractivity contribution in [3.63, 3.8) is 0 Å². The van der Waals surface area contributed by atoms with Crippen molar-refractivity contribution in [1.82, 2.24) is 4.90 Å². The van der Waals surface area contributed by atoms with Crippen molar-refractivity contribution in [2.24, 2.45) is 0 Å².